The van der Waals surface area contributed by atoms with E-state index in [1.165, 1.54) is 26.4 Å². The summed E-state index contributed by atoms with van der Waals surface area (Å²) in [6.45, 7) is 4.36. The number of ether oxygens (including phenoxy) is 4. The molecule has 6 unspecified atom stereocenters. The molecule has 11 heteroatoms. The van der Waals surface area contributed by atoms with Gasteiger partial charge in [-0.3, -0.25) is 4.90 Å². The zero-order valence-corrected chi connectivity index (χ0v) is 33.2. The third kappa shape index (κ3) is 8.34. The maximum absolute atomic E-state index is 14.1. The van der Waals surface area contributed by atoms with E-state index >= 15 is 0 Å². The molecule has 6 atom stereocenters. The Morgan fingerprint density at radius 3 is 2.40 bits per heavy atom. The van der Waals surface area contributed by atoms with Crippen LogP contribution in [0.5, 0.6) is 17.2 Å². The molecule has 0 spiro atoms. The fourth-order valence-electron chi connectivity index (χ4n) is 9.39. The van der Waals surface area contributed by atoms with Crippen LogP contribution in [0.15, 0.2) is 114 Å². The average molecular weight is 793 g/mol. The lowest BCUT2D eigenvalue weighted by molar-refractivity contribution is -0.256. The second-order valence-corrected chi connectivity index (χ2v) is 15.3. The van der Waals surface area contributed by atoms with E-state index in [-0.39, 0.29) is 56.4 Å². The van der Waals surface area contributed by atoms with Crippen LogP contribution in [-0.4, -0.2) is 72.8 Å². The minimum Gasteiger partial charge on any atom is -0.459 e. The zero-order chi connectivity index (χ0) is 40.6. The van der Waals surface area contributed by atoms with Crippen molar-refractivity contribution < 1.29 is 43.2 Å². The molecular weight excluding hydrogens is 740 g/mol. The molecule has 2 N–H and O–H groups in total. The fraction of sp³-hybridized carbons (Fsp3) is 0.404. The lowest BCUT2D eigenvalue weighted by Crippen LogP contribution is -2.70. The van der Waals surface area contributed by atoms with Crippen molar-refractivity contribution in [2.45, 2.75) is 69.2 Å². The van der Waals surface area contributed by atoms with Crippen LogP contribution in [0.1, 0.15) is 62.0 Å². The fourth-order valence-corrected chi connectivity index (χ4v) is 9.39. The van der Waals surface area contributed by atoms with Crippen LogP contribution in [0.4, 0.5) is 9.18 Å². The van der Waals surface area contributed by atoms with Gasteiger partial charge in [0.2, 0.25) is 5.79 Å². The molecule has 306 valence electrons. The highest BCUT2D eigenvalue weighted by atomic mass is 19.1. The summed E-state index contributed by atoms with van der Waals surface area (Å²) >= 11 is 0. The third-order valence-electron chi connectivity index (χ3n) is 11.9. The predicted octanol–water partition coefficient (Wildman–Crippen LogP) is 9.30. The first-order valence-corrected chi connectivity index (χ1v) is 20.2. The average Bonchev–Trinajstić information content (AvgIpc) is 3.24. The van der Waals surface area contributed by atoms with Crippen molar-refractivity contribution in [3.8, 4) is 17.2 Å². The number of unbranched alkanes of at least 4 members (excludes halogenated alkanes) is 2. The molecule has 1 fully saturated rings. The quantitative estimate of drug-likeness (QED) is 0.0617. The first kappa shape index (κ1) is 40.9. The van der Waals surface area contributed by atoms with Crippen LogP contribution in [0, 0.1) is 23.6 Å². The van der Waals surface area contributed by atoms with Gasteiger partial charge in [0.25, 0.3) is 0 Å². The van der Waals surface area contributed by atoms with Gasteiger partial charge in [0.15, 0.2) is 0 Å². The van der Waals surface area contributed by atoms with Crippen molar-refractivity contribution in [2.75, 3.05) is 34.0 Å². The monoisotopic (exact) mass is 792 g/mol. The lowest BCUT2D eigenvalue weighted by atomic mass is 9.55. The van der Waals surface area contributed by atoms with Gasteiger partial charge in [-0.25, -0.2) is 9.18 Å². The van der Waals surface area contributed by atoms with Crippen LogP contribution in [0.25, 0.3) is 10.8 Å². The van der Waals surface area contributed by atoms with Gasteiger partial charge in [-0.15, -0.1) is 6.58 Å². The van der Waals surface area contributed by atoms with Gasteiger partial charge in [-0.1, -0.05) is 72.6 Å². The summed E-state index contributed by atoms with van der Waals surface area (Å²) < 4.78 is 40.4. The van der Waals surface area contributed by atoms with Crippen molar-refractivity contribution in [3.63, 3.8) is 0 Å². The highest BCUT2D eigenvalue weighted by Gasteiger charge is 2.65. The maximum atomic E-state index is 14.1. The number of methoxy groups -OCH3 is 1. The van der Waals surface area contributed by atoms with E-state index in [1.807, 2.05) is 42.5 Å². The Kier molecular flexibility index (Phi) is 13.1. The minimum atomic E-state index is -1.47. The van der Waals surface area contributed by atoms with Crippen molar-refractivity contribution >= 4 is 22.6 Å². The van der Waals surface area contributed by atoms with Gasteiger partial charge in [0.05, 0.1) is 25.3 Å². The first-order chi connectivity index (χ1) is 28.3. The molecule has 0 saturated heterocycles. The molecule has 0 bridgehead atoms. The van der Waals surface area contributed by atoms with E-state index in [1.54, 1.807) is 23.1 Å². The molecular formula is C47H53FN2O8. The summed E-state index contributed by atoms with van der Waals surface area (Å²) in [4.78, 5) is 21.1. The Hall–Kier alpha value is -5.23. The van der Waals surface area contributed by atoms with E-state index < -0.39 is 23.8 Å². The number of rotatable bonds is 17. The highest BCUT2D eigenvalue weighted by molar-refractivity contribution is 6.03. The van der Waals surface area contributed by atoms with E-state index in [2.05, 4.69) is 36.0 Å². The summed E-state index contributed by atoms with van der Waals surface area (Å²) in [5.41, 5.74) is 3.20. The molecule has 1 amide bonds. The molecule has 1 saturated carbocycles. The number of hydrogen-bond acceptors (Lipinski definition) is 9. The number of aliphatic hydroxyl groups is 2. The van der Waals surface area contributed by atoms with Crippen molar-refractivity contribution in [1.29, 1.82) is 0 Å². The molecule has 1 heterocycles. The van der Waals surface area contributed by atoms with E-state index in [9.17, 15) is 19.4 Å². The maximum Gasteiger partial charge on any atom is 0.410 e. The highest BCUT2D eigenvalue weighted by Crippen LogP contribution is 2.62. The number of nitrogens with zero attached hydrogens (tertiary/aromatic N) is 2. The van der Waals surface area contributed by atoms with Crippen molar-refractivity contribution in [2.24, 2.45) is 22.9 Å². The molecule has 0 aromatic heterocycles. The van der Waals surface area contributed by atoms with Gasteiger partial charge >= 0.3 is 6.09 Å². The molecule has 7 rings (SSSR count). The Labute approximate surface area is 339 Å². The Bertz CT molecular complexity index is 2120. The molecule has 0 radical (unpaired) electrons. The Morgan fingerprint density at radius 2 is 1.67 bits per heavy atom. The normalized spacial score (nSPS) is 23.9. The molecule has 3 aliphatic rings. The molecule has 4 aromatic rings. The minimum absolute atomic E-state index is 0.0375. The number of carbonyl (C=O) groups is 1. The van der Waals surface area contributed by atoms with Crippen LogP contribution < -0.4 is 9.47 Å². The zero-order valence-electron chi connectivity index (χ0n) is 33.2. The predicted molar refractivity (Wildman–Crippen MR) is 220 cm³/mol. The molecule has 10 nitrogen and oxygen atoms in total. The third-order valence-corrected chi connectivity index (χ3v) is 11.9. The van der Waals surface area contributed by atoms with Gasteiger partial charge in [0.1, 0.15) is 36.2 Å². The summed E-state index contributed by atoms with van der Waals surface area (Å²) in [5.74, 6) is -0.537. The summed E-state index contributed by atoms with van der Waals surface area (Å²) in [5, 5.41) is 26.5. The number of fused-ring (bicyclic) bond motifs is 3. The summed E-state index contributed by atoms with van der Waals surface area (Å²) in [6.07, 6.45) is 8.09. The second kappa shape index (κ2) is 18.6. The standard InChI is InChI=1S/C47H53FN2O8/c1-4-25-56-47-43(50(46(53)54-2)30-31-15-18-35(48)19-16-31)29-41(49-55-3)39-27-34(13-7-9-23-51)38(14-8-10-24-52)44(45(39)47)40-28-37(21-22-42(40)58-47)57-36-20-17-32-11-5-6-12-33(32)26-36/h4-6,11-12,15-22,26-28,34,38,43-45,51-52H,1,7-10,13-14,23-25,29-30H2,2-3H3. The number of hydrogen-bond donors (Lipinski definition) is 2. The van der Waals surface area contributed by atoms with Crippen molar-refractivity contribution in [3.05, 3.63) is 126 Å². The number of amides is 1. The number of benzene rings is 4. The SMILES string of the molecule is C=CCOC12Oc3ccc(Oc4ccc5ccccc5c4)cc3C3C(CCCCO)C(CCCCO)C=C(C(=NOC)CC1N(Cc1ccc(F)cc1)C(=O)OC)C32. The van der Waals surface area contributed by atoms with Gasteiger partial charge in [-0.05, 0) is 102 Å². The van der Waals surface area contributed by atoms with Gasteiger partial charge in [-0.2, -0.15) is 0 Å². The first-order valence-electron chi connectivity index (χ1n) is 20.2. The largest absolute Gasteiger partial charge is 0.459 e. The smallest absolute Gasteiger partial charge is 0.410 e. The van der Waals surface area contributed by atoms with Crippen LogP contribution in [0.2, 0.25) is 0 Å². The number of oxime groups is 1. The lowest BCUT2D eigenvalue weighted by Gasteiger charge is -2.59. The number of carbonyl (C=O) groups excluding carboxylic acids is 1. The Morgan fingerprint density at radius 1 is 0.948 bits per heavy atom. The summed E-state index contributed by atoms with van der Waals surface area (Å²) in [7, 11) is 2.84. The molecule has 1 aliphatic heterocycles. The molecule has 58 heavy (non-hydrogen) atoms. The van der Waals surface area contributed by atoms with E-state index in [0.29, 0.717) is 41.4 Å². The number of allylic oxidation sites excluding steroid dienone is 1. The van der Waals surface area contributed by atoms with Crippen LogP contribution in [-0.2, 0) is 20.9 Å². The van der Waals surface area contributed by atoms with Gasteiger partial charge in [0, 0.05) is 37.7 Å². The van der Waals surface area contributed by atoms with E-state index in [0.717, 1.165) is 47.6 Å². The van der Waals surface area contributed by atoms with Gasteiger partial charge < -0.3 is 34.0 Å². The summed E-state index contributed by atoms with van der Waals surface area (Å²) in [6, 6.07) is 25.3. The van der Waals surface area contributed by atoms with E-state index in [4.69, 9.17) is 23.8 Å². The van der Waals surface area contributed by atoms with Crippen LogP contribution in [0.3, 0.4) is 0 Å². The second-order valence-electron chi connectivity index (χ2n) is 15.3. The topological polar surface area (TPSA) is 119 Å². The number of aliphatic hydroxyl groups excluding tert-OH is 2. The van der Waals surface area contributed by atoms with Crippen LogP contribution >= 0.6 is 0 Å². The Balaban J connectivity index is 1.43. The molecule has 2 aliphatic carbocycles. The molecule has 4 aromatic carbocycles. The number of halogens is 1. The van der Waals surface area contributed by atoms with Crippen molar-refractivity contribution in [1.82, 2.24) is 4.90 Å².